The lowest BCUT2D eigenvalue weighted by atomic mass is 9.88. The number of fused-ring (bicyclic) bond motifs is 2. The molecule has 70 valence electrons. The van der Waals surface area contributed by atoms with Crippen LogP contribution in [-0.4, -0.2) is 22.2 Å². The molecular formula is C10H18OS. The highest BCUT2D eigenvalue weighted by molar-refractivity contribution is 8.00. The molecule has 0 spiro atoms. The largest absolute Gasteiger partial charge is 0.396 e. The normalized spacial score (nSPS) is 41.2. The summed E-state index contributed by atoms with van der Waals surface area (Å²) in [6.07, 6.45) is 8.12. The molecule has 2 rings (SSSR count). The molecule has 2 fully saturated rings. The number of hydrogen-bond donors (Lipinski definition) is 1. The van der Waals surface area contributed by atoms with Gasteiger partial charge in [0.05, 0.1) is 0 Å². The van der Waals surface area contributed by atoms with E-state index in [-0.39, 0.29) is 0 Å². The molecule has 2 aliphatic heterocycles. The Bertz CT molecular complexity index is 137. The number of hydrogen-bond acceptors (Lipinski definition) is 2. The van der Waals surface area contributed by atoms with E-state index in [9.17, 15) is 0 Å². The van der Waals surface area contributed by atoms with E-state index in [1.165, 1.54) is 32.1 Å². The van der Waals surface area contributed by atoms with Crippen molar-refractivity contribution in [1.82, 2.24) is 0 Å². The fraction of sp³-hybridized carbons (Fsp3) is 1.00. The minimum Gasteiger partial charge on any atom is -0.396 e. The maximum Gasteiger partial charge on any atom is 0.0433 e. The number of aliphatic hydroxyl groups excluding tert-OH is 1. The summed E-state index contributed by atoms with van der Waals surface area (Å²) in [4.78, 5) is 0. The quantitative estimate of drug-likeness (QED) is 0.715. The first-order valence-corrected chi connectivity index (χ1v) is 6.09. The van der Waals surface area contributed by atoms with Gasteiger partial charge in [0, 0.05) is 17.1 Å². The van der Waals surface area contributed by atoms with Crippen molar-refractivity contribution in [3.05, 3.63) is 0 Å². The molecule has 0 radical (unpaired) electrons. The van der Waals surface area contributed by atoms with Gasteiger partial charge < -0.3 is 5.11 Å². The fourth-order valence-electron chi connectivity index (χ4n) is 2.59. The van der Waals surface area contributed by atoms with E-state index in [2.05, 4.69) is 11.8 Å². The molecule has 0 amide bonds. The number of aliphatic hydroxyl groups is 1. The Hall–Kier alpha value is 0.310. The van der Waals surface area contributed by atoms with Gasteiger partial charge in [0.1, 0.15) is 0 Å². The first-order valence-electron chi connectivity index (χ1n) is 5.15. The van der Waals surface area contributed by atoms with Crippen molar-refractivity contribution in [3.63, 3.8) is 0 Å². The Kier molecular flexibility index (Phi) is 2.97. The van der Waals surface area contributed by atoms with Crippen LogP contribution >= 0.6 is 11.8 Å². The molecule has 0 saturated carbocycles. The molecule has 2 heterocycles. The SMILES string of the molecule is OCCC1CC2CCCC(C1)S2. The van der Waals surface area contributed by atoms with Crippen LogP contribution in [0.3, 0.4) is 0 Å². The standard InChI is InChI=1S/C10H18OS/c11-5-4-8-6-9-2-1-3-10(7-8)12-9/h8-11H,1-7H2. The van der Waals surface area contributed by atoms with Gasteiger partial charge in [0.15, 0.2) is 0 Å². The highest BCUT2D eigenvalue weighted by Gasteiger charge is 2.31. The van der Waals surface area contributed by atoms with Crippen LogP contribution in [0.4, 0.5) is 0 Å². The molecule has 0 aliphatic carbocycles. The van der Waals surface area contributed by atoms with Gasteiger partial charge in [-0.1, -0.05) is 6.42 Å². The molecular weight excluding hydrogens is 168 g/mol. The van der Waals surface area contributed by atoms with Crippen LogP contribution in [0.2, 0.25) is 0 Å². The van der Waals surface area contributed by atoms with E-state index in [0.29, 0.717) is 6.61 Å². The number of rotatable bonds is 2. The summed E-state index contributed by atoms with van der Waals surface area (Å²) < 4.78 is 0. The summed E-state index contributed by atoms with van der Waals surface area (Å²) in [6.45, 7) is 0.398. The zero-order valence-electron chi connectivity index (χ0n) is 7.54. The highest BCUT2D eigenvalue weighted by atomic mass is 32.2. The van der Waals surface area contributed by atoms with Crippen molar-refractivity contribution >= 4 is 11.8 Å². The lowest BCUT2D eigenvalue weighted by Gasteiger charge is -2.38. The van der Waals surface area contributed by atoms with E-state index >= 15 is 0 Å². The molecule has 1 N–H and O–H groups in total. The third-order valence-corrected chi connectivity index (χ3v) is 4.79. The zero-order chi connectivity index (χ0) is 8.39. The Labute approximate surface area is 78.9 Å². The summed E-state index contributed by atoms with van der Waals surface area (Å²) >= 11 is 2.22. The molecule has 12 heavy (non-hydrogen) atoms. The van der Waals surface area contributed by atoms with Gasteiger partial charge in [0.2, 0.25) is 0 Å². The second-order valence-corrected chi connectivity index (χ2v) is 5.77. The van der Waals surface area contributed by atoms with Gasteiger partial charge in [-0.3, -0.25) is 0 Å². The van der Waals surface area contributed by atoms with Crippen LogP contribution in [0.5, 0.6) is 0 Å². The van der Waals surface area contributed by atoms with E-state index in [4.69, 9.17) is 5.11 Å². The van der Waals surface area contributed by atoms with E-state index < -0.39 is 0 Å². The summed E-state index contributed by atoms with van der Waals surface area (Å²) in [7, 11) is 0. The average Bonchev–Trinajstić information content (AvgIpc) is 2.04. The van der Waals surface area contributed by atoms with E-state index in [0.717, 1.165) is 22.8 Å². The molecule has 2 bridgehead atoms. The smallest absolute Gasteiger partial charge is 0.0433 e. The molecule has 2 atom stereocenters. The van der Waals surface area contributed by atoms with Gasteiger partial charge >= 0.3 is 0 Å². The predicted molar refractivity (Wildman–Crippen MR) is 53.4 cm³/mol. The van der Waals surface area contributed by atoms with Crippen LogP contribution < -0.4 is 0 Å². The molecule has 2 saturated heterocycles. The molecule has 0 aromatic heterocycles. The zero-order valence-corrected chi connectivity index (χ0v) is 8.35. The molecule has 1 nitrogen and oxygen atoms in total. The first-order chi connectivity index (χ1) is 5.88. The van der Waals surface area contributed by atoms with Crippen molar-refractivity contribution in [3.8, 4) is 0 Å². The third-order valence-electron chi connectivity index (χ3n) is 3.17. The van der Waals surface area contributed by atoms with Crippen molar-refractivity contribution in [1.29, 1.82) is 0 Å². The van der Waals surface area contributed by atoms with Crippen LogP contribution in [0.1, 0.15) is 38.5 Å². The minimum absolute atomic E-state index is 0.398. The fourth-order valence-corrected chi connectivity index (χ4v) is 4.50. The van der Waals surface area contributed by atoms with Crippen molar-refractivity contribution < 1.29 is 5.11 Å². The summed E-state index contributed by atoms with van der Waals surface area (Å²) in [5.74, 6) is 0.839. The Morgan fingerprint density at radius 2 is 1.83 bits per heavy atom. The predicted octanol–water partition coefficient (Wildman–Crippen LogP) is 2.43. The molecule has 2 heteroatoms. The molecule has 2 unspecified atom stereocenters. The molecule has 2 aliphatic rings. The number of thioether (sulfide) groups is 1. The van der Waals surface area contributed by atoms with Gasteiger partial charge in [-0.05, 0) is 38.0 Å². The van der Waals surface area contributed by atoms with E-state index in [1.54, 1.807) is 0 Å². The van der Waals surface area contributed by atoms with Crippen molar-refractivity contribution in [2.24, 2.45) is 5.92 Å². The summed E-state index contributed by atoms with van der Waals surface area (Å²) in [6, 6.07) is 0. The molecule has 0 aromatic rings. The highest BCUT2D eigenvalue weighted by Crippen LogP contribution is 2.44. The van der Waals surface area contributed by atoms with Crippen LogP contribution in [0, 0.1) is 5.92 Å². The van der Waals surface area contributed by atoms with Crippen molar-refractivity contribution in [2.45, 2.75) is 49.0 Å². The second kappa shape index (κ2) is 4.01. The summed E-state index contributed by atoms with van der Waals surface area (Å²) in [5, 5.41) is 10.8. The third kappa shape index (κ3) is 1.97. The van der Waals surface area contributed by atoms with Gasteiger partial charge in [0.25, 0.3) is 0 Å². The maximum absolute atomic E-state index is 8.87. The van der Waals surface area contributed by atoms with Crippen LogP contribution in [0.15, 0.2) is 0 Å². The maximum atomic E-state index is 8.87. The van der Waals surface area contributed by atoms with Crippen molar-refractivity contribution in [2.75, 3.05) is 6.61 Å². The minimum atomic E-state index is 0.398. The Morgan fingerprint density at radius 3 is 2.42 bits per heavy atom. The van der Waals surface area contributed by atoms with Crippen LogP contribution in [-0.2, 0) is 0 Å². The lowest BCUT2D eigenvalue weighted by molar-refractivity contribution is 0.235. The Morgan fingerprint density at radius 1 is 1.17 bits per heavy atom. The van der Waals surface area contributed by atoms with Gasteiger partial charge in [-0.15, -0.1) is 0 Å². The first kappa shape index (κ1) is 8.89. The van der Waals surface area contributed by atoms with Gasteiger partial charge in [-0.25, -0.2) is 0 Å². The van der Waals surface area contributed by atoms with Gasteiger partial charge in [-0.2, -0.15) is 11.8 Å². The Balaban J connectivity index is 1.87. The summed E-state index contributed by atoms with van der Waals surface area (Å²) in [5.41, 5.74) is 0. The van der Waals surface area contributed by atoms with E-state index in [1.807, 2.05) is 0 Å². The lowest BCUT2D eigenvalue weighted by Crippen LogP contribution is -2.29. The topological polar surface area (TPSA) is 20.2 Å². The second-order valence-electron chi connectivity index (χ2n) is 4.16. The molecule has 0 aromatic carbocycles. The van der Waals surface area contributed by atoms with Crippen LogP contribution in [0.25, 0.3) is 0 Å². The monoisotopic (exact) mass is 186 g/mol. The average molecular weight is 186 g/mol.